The third kappa shape index (κ3) is 5.27. The van der Waals surface area contributed by atoms with Crippen LogP contribution in [0.2, 0.25) is 0 Å². The normalized spacial score (nSPS) is 16.9. The second kappa shape index (κ2) is 6.73. The Labute approximate surface area is 132 Å². The van der Waals surface area contributed by atoms with E-state index in [1.807, 2.05) is 37.4 Å². The first kappa shape index (κ1) is 16.2. The van der Waals surface area contributed by atoms with Gasteiger partial charge in [0.15, 0.2) is 0 Å². The summed E-state index contributed by atoms with van der Waals surface area (Å²) in [5.41, 5.74) is 0.879. The molecule has 0 atom stereocenters. The summed E-state index contributed by atoms with van der Waals surface area (Å²) in [4.78, 5) is 15.2. The van der Waals surface area contributed by atoms with Crippen LogP contribution in [-0.2, 0) is 4.74 Å². The van der Waals surface area contributed by atoms with Gasteiger partial charge in [0.1, 0.15) is 5.60 Å². The molecule has 1 aromatic carbocycles. The van der Waals surface area contributed by atoms with E-state index in [0.717, 1.165) is 25.9 Å². The van der Waals surface area contributed by atoms with E-state index < -0.39 is 5.60 Å². The highest BCUT2D eigenvalue weighted by molar-refractivity contribution is 8.00. The van der Waals surface area contributed by atoms with E-state index in [1.54, 1.807) is 0 Å². The molecule has 3 nitrogen and oxygen atoms in total. The molecular weight excluding hydrogens is 282 g/mol. The third-order valence-corrected chi connectivity index (χ3v) is 4.77. The van der Waals surface area contributed by atoms with E-state index in [2.05, 4.69) is 31.2 Å². The molecule has 0 radical (unpaired) electrons. The van der Waals surface area contributed by atoms with Gasteiger partial charge < -0.3 is 9.64 Å². The van der Waals surface area contributed by atoms with Gasteiger partial charge >= 0.3 is 6.09 Å². The van der Waals surface area contributed by atoms with Crippen LogP contribution in [0.1, 0.15) is 39.2 Å². The average molecular weight is 307 g/mol. The Morgan fingerprint density at radius 2 is 1.76 bits per heavy atom. The maximum Gasteiger partial charge on any atom is 0.410 e. The number of ether oxygens (including phenoxy) is 1. The molecule has 1 aromatic rings. The largest absolute Gasteiger partial charge is 0.444 e. The lowest BCUT2D eigenvalue weighted by atomic mass is 10.1. The smallest absolute Gasteiger partial charge is 0.410 e. The first-order valence-corrected chi connectivity index (χ1v) is 8.43. The third-order valence-electron chi connectivity index (χ3n) is 3.42. The van der Waals surface area contributed by atoms with Gasteiger partial charge in [-0.1, -0.05) is 17.7 Å². The number of nitrogens with zero attached hydrogens (tertiary/aromatic N) is 1. The molecule has 21 heavy (non-hydrogen) atoms. The Morgan fingerprint density at radius 1 is 1.19 bits per heavy atom. The fourth-order valence-corrected chi connectivity index (χ4v) is 3.42. The molecular formula is C17H25NO2S. The topological polar surface area (TPSA) is 29.5 Å². The molecule has 0 bridgehead atoms. The van der Waals surface area contributed by atoms with Crippen LogP contribution in [0.3, 0.4) is 0 Å². The number of hydrogen-bond acceptors (Lipinski definition) is 3. The summed E-state index contributed by atoms with van der Waals surface area (Å²) in [7, 11) is 0. The number of carbonyl (C=O) groups excluding carboxylic acids is 1. The van der Waals surface area contributed by atoms with Gasteiger partial charge in [-0.15, -0.1) is 11.8 Å². The fourth-order valence-electron chi connectivity index (χ4n) is 2.29. The summed E-state index contributed by atoms with van der Waals surface area (Å²) in [6, 6.07) is 8.66. The van der Waals surface area contributed by atoms with Gasteiger partial charge in [-0.3, -0.25) is 0 Å². The average Bonchev–Trinajstić information content (AvgIpc) is 2.40. The summed E-state index contributed by atoms with van der Waals surface area (Å²) in [6.07, 6.45) is 1.87. The van der Waals surface area contributed by atoms with Crippen molar-refractivity contribution in [3.63, 3.8) is 0 Å². The van der Waals surface area contributed by atoms with Crippen molar-refractivity contribution in [3.05, 3.63) is 29.8 Å². The summed E-state index contributed by atoms with van der Waals surface area (Å²) < 4.78 is 5.42. The van der Waals surface area contributed by atoms with Crippen molar-refractivity contribution in [2.75, 3.05) is 13.1 Å². The lowest BCUT2D eigenvalue weighted by molar-refractivity contribution is 0.0219. The van der Waals surface area contributed by atoms with Gasteiger partial charge in [0.25, 0.3) is 0 Å². The molecule has 0 spiro atoms. The zero-order valence-electron chi connectivity index (χ0n) is 13.4. The highest BCUT2D eigenvalue weighted by Crippen LogP contribution is 2.30. The zero-order valence-corrected chi connectivity index (χ0v) is 14.2. The number of benzene rings is 1. The zero-order chi connectivity index (χ0) is 15.5. The molecule has 0 saturated carbocycles. The highest BCUT2D eigenvalue weighted by atomic mass is 32.2. The van der Waals surface area contributed by atoms with Crippen molar-refractivity contribution in [2.24, 2.45) is 0 Å². The Bertz CT molecular complexity index is 471. The van der Waals surface area contributed by atoms with E-state index in [4.69, 9.17) is 4.74 Å². The van der Waals surface area contributed by atoms with E-state index in [1.165, 1.54) is 10.5 Å². The van der Waals surface area contributed by atoms with Gasteiger partial charge in [0.2, 0.25) is 0 Å². The van der Waals surface area contributed by atoms with Crippen molar-refractivity contribution in [1.82, 2.24) is 4.90 Å². The Hall–Kier alpha value is -1.16. The minimum atomic E-state index is -0.412. The first-order chi connectivity index (χ1) is 9.83. The lowest BCUT2D eigenvalue weighted by Gasteiger charge is -2.33. The van der Waals surface area contributed by atoms with Crippen LogP contribution in [-0.4, -0.2) is 34.9 Å². The molecule has 1 heterocycles. The summed E-state index contributed by atoms with van der Waals surface area (Å²) in [5.74, 6) is 0. The number of aryl methyl sites for hydroxylation is 1. The molecule has 4 heteroatoms. The molecule has 0 aliphatic carbocycles. The molecule has 116 valence electrons. The Kier molecular flexibility index (Phi) is 5.20. The fraction of sp³-hybridized carbons (Fsp3) is 0.588. The van der Waals surface area contributed by atoms with Gasteiger partial charge in [0.05, 0.1) is 0 Å². The van der Waals surface area contributed by atoms with Crippen LogP contribution in [0.15, 0.2) is 29.2 Å². The second-order valence-electron chi connectivity index (χ2n) is 6.60. The molecule has 1 aliphatic rings. The molecule has 1 amide bonds. The van der Waals surface area contributed by atoms with Gasteiger partial charge in [-0.05, 0) is 52.7 Å². The number of rotatable bonds is 2. The standard InChI is InChI=1S/C17H25NO2S/c1-13-5-7-14(8-6-13)21-15-9-11-18(12-10-15)16(19)20-17(2,3)4/h5-8,15H,9-12H2,1-4H3. The van der Waals surface area contributed by atoms with Crippen LogP contribution in [0.5, 0.6) is 0 Å². The van der Waals surface area contributed by atoms with Crippen LogP contribution >= 0.6 is 11.8 Å². The first-order valence-electron chi connectivity index (χ1n) is 7.55. The second-order valence-corrected chi connectivity index (χ2v) is 7.97. The molecule has 1 saturated heterocycles. The van der Waals surface area contributed by atoms with Crippen LogP contribution in [0, 0.1) is 6.92 Å². The number of carbonyl (C=O) groups is 1. The van der Waals surface area contributed by atoms with E-state index >= 15 is 0 Å². The van der Waals surface area contributed by atoms with Gasteiger partial charge in [-0.25, -0.2) is 4.79 Å². The number of amides is 1. The van der Waals surface area contributed by atoms with E-state index in [-0.39, 0.29) is 6.09 Å². The summed E-state index contributed by atoms with van der Waals surface area (Å²) >= 11 is 1.92. The maximum atomic E-state index is 12.0. The predicted octanol–water partition coefficient (Wildman–Crippen LogP) is 4.49. The van der Waals surface area contributed by atoms with E-state index in [0.29, 0.717) is 5.25 Å². The molecule has 0 N–H and O–H groups in total. The van der Waals surface area contributed by atoms with Crippen LogP contribution in [0.25, 0.3) is 0 Å². The predicted molar refractivity (Wildman–Crippen MR) is 87.9 cm³/mol. The number of thioether (sulfide) groups is 1. The quantitative estimate of drug-likeness (QED) is 0.806. The van der Waals surface area contributed by atoms with E-state index in [9.17, 15) is 4.79 Å². The molecule has 1 fully saturated rings. The van der Waals surface area contributed by atoms with Crippen molar-refractivity contribution in [2.45, 2.75) is 56.3 Å². The minimum Gasteiger partial charge on any atom is -0.444 e. The van der Waals surface area contributed by atoms with Crippen molar-refractivity contribution < 1.29 is 9.53 Å². The minimum absolute atomic E-state index is 0.179. The van der Waals surface area contributed by atoms with Crippen LogP contribution < -0.4 is 0 Å². The van der Waals surface area contributed by atoms with Crippen molar-refractivity contribution in [1.29, 1.82) is 0 Å². The monoisotopic (exact) mass is 307 g/mol. The highest BCUT2D eigenvalue weighted by Gasteiger charge is 2.27. The van der Waals surface area contributed by atoms with Gasteiger partial charge in [-0.2, -0.15) is 0 Å². The number of piperidine rings is 1. The Balaban J connectivity index is 1.80. The van der Waals surface area contributed by atoms with Crippen molar-refractivity contribution in [3.8, 4) is 0 Å². The SMILES string of the molecule is Cc1ccc(SC2CCN(C(=O)OC(C)(C)C)CC2)cc1. The lowest BCUT2D eigenvalue weighted by Crippen LogP contribution is -2.42. The number of likely N-dealkylation sites (tertiary alicyclic amines) is 1. The molecule has 2 rings (SSSR count). The van der Waals surface area contributed by atoms with Gasteiger partial charge in [0, 0.05) is 23.2 Å². The van der Waals surface area contributed by atoms with Crippen molar-refractivity contribution >= 4 is 17.9 Å². The number of hydrogen-bond donors (Lipinski definition) is 0. The summed E-state index contributed by atoms with van der Waals surface area (Å²) in [6.45, 7) is 9.41. The maximum absolute atomic E-state index is 12.0. The Morgan fingerprint density at radius 3 is 2.29 bits per heavy atom. The van der Waals surface area contributed by atoms with Crippen LogP contribution in [0.4, 0.5) is 4.79 Å². The molecule has 0 aromatic heterocycles. The molecule has 0 unspecified atom stereocenters. The molecule has 1 aliphatic heterocycles. The summed E-state index contributed by atoms with van der Waals surface area (Å²) in [5, 5.41) is 0.589.